The fraction of sp³-hybridized carbons (Fsp3) is 1.00. The summed E-state index contributed by atoms with van der Waals surface area (Å²) >= 11 is 0. The van der Waals surface area contributed by atoms with Crippen molar-refractivity contribution in [2.75, 3.05) is 20.3 Å². The van der Waals surface area contributed by atoms with E-state index in [1.165, 1.54) is 7.11 Å². The van der Waals surface area contributed by atoms with E-state index in [2.05, 4.69) is 0 Å². The predicted molar refractivity (Wildman–Crippen MR) is 44.3 cm³/mol. The van der Waals surface area contributed by atoms with E-state index in [0.29, 0.717) is 6.42 Å². The molecule has 1 fully saturated rings. The number of ether oxygens (including phenoxy) is 2. The number of aliphatic hydroxyl groups excluding tert-OH is 3. The van der Waals surface area contributed by atoms with Crippen LogP contribution in [0.15, 0.2) is 0 Å². The number of methoxy groups -OCH3 is 1. The van der Waals surface area contributed by atoms with Gasteiger partial charge in [-0.15, -0.1) is 0 Å². The molecule has 1 aliphatic rings. The molecule has 78 valence electrons. The second-order valence-corrected chi connectivity index (χ2v) is 3.21. The first-order valence-electron chi connectivity index (χ1n) is 4.30. The highest BCUT2D eigenvalue weighted by molar-refractivity contribution is 4.82. The molecule has 0 bridgehead atoms. The molecule has 0 aromatic rings. The largest absolute Gasteiger partial charge is 0.394 e. The van der Waals surface area contributed by atoms with Crippen molar-refractivity contribution in [2.45, 2.75) is 30.8 Å². The van der Waals surface area contributed by atoms with Crippen LogP contribution in [0, 0.1) is 0 Å². The Morgan fingerprint density at radius 2 is 2.15 bits per heavy atom. The first-order chi connectivity index (χ1) is 6.19. The lowest BCUT2D eigenvalue weighted by Gasteiger charge is -2.20. The smallest absolute Gasteiger partial charge is 0.109 e. The molecular weight excluding hydrogens is 176 g/mol. The van der Waals surface area contributed by atoms with Crippen molar-refractivity contribution in [3.8, 4) is 0 Å². The zero-order valence-electron chi connectivity index (χ0n) is 7.59. The van der Waals surface area contributed by atoms with Crippen LogP contribution in [0.25, 0.3) is 0 Å². The van der Waals surface area contributed by atoms with Crippen LogP contribution in [0.1, 0.15) is 6.42 Å². The molecule has 5 heteroatoms. The van der Waals surface area contributed by atoms with Crippen molar-refractivity contribution in [2.24, 2.45) is 0 Å². The monoisotopic (exact) mass is 192 g/mol. The van der Waals surface area contributed by atoms with Gasteiger partial charge in [-0.1, -0.05) is 0 Å². The Hall–Kier alpha value is -0.200. The van der Waals surface area contributed by atoms with Gasteiger partial charge in [0.2, 0.25) is 0 Å². The van der Waals surface area contributed by atoms with Crippen LogP contribution in [-0.2, 0) is 9.47 Å². The van der Waals surface area contributed by atoms with E-state index in [0.717, 1.165) is 0 Å². The van der Waals surface area contributed by atoms with Crippen LogP contribution in [0.2, 0.25) is 0 Å². The first kappa shape index (κ1) is 10.9. The highest BCUT2D eigenvalue weighted by Crippen LogP contribution is 2.16. The molecular formula is C8H16O5. The molecule has 1 aliphatic heterocycles. The van der Waals surface area contributed by atoms with Gasteiger partial charge in [0.25, 0.3) is 0 Å². The van der Waals surface area contributed by atoms with Crippen molar-refractivity contribution in [1.82, 2.24) is 0 Å². The molecule has 0 aromatic heterocycles. The maximum Gasteiger partial charge on any atom is 0.109 e. The third-order valence-corrected chi connectivity index (χ3v) is 2.29. The molecule has 0 spiro atoms. The Bertz CT molecular complexity index is 151. The SMILES string of the molecule is COC1COC(CO)C(O)C(O)C1. The number of hydrogen-bond donors (Lipinski definition) is 3. The third-order valence-electron chi connectivity index (χ3n) is 2.29. The molecule has 0 saturated carbocycles. The molecule has 0 radical (unpaired) electrons. The van der Waals surface area contributed by atoms with E-state index in [-0.39, 0.29) is 19.3 Å². The fourth-order valence-corrected chi connectivity index (χ4v) is 1.38. The van der Waals surface area contributed by atoms with Gasteiger partial charge >= 0.3 is 0 Å². The van der Waals surface area contributed by atoms with Crippen LogP contribution in [0.4, 0.5) is 0 Å². The van der Waals surface area contributed by atoms with Crippen LogP contribution in [0.5, 0.6) is 0 Å². The summed E-state index contributed by atoms with van der Waals surface area (Å²) in [7, 11) is 1.52. The maximum atomic E-state index is 9.44. The van der Waals surface area contributed by atoms with Crippen LogP contribution >= 0.6 is 0 Å². The second-order valence-electron chi connectivity index (χ2n) is 3.21. The predicted octanol–water partition coefficient (Wildman–Crippen LogP) is -1.50. The summed E-state index contributed by atoms with van der Waals surface area (Å²) in [5.74, 6) is 0. The van der Waals surface area contributed by atoms with Crippen LogP contribution < -0.4 is 0 Å². The van der Waals surface area contributed by atoms with E-state index in [4.69, 9.17) is 14.6 Å². The molecule has 1 rings (SSSR count). The van der Waals surface area contributed by atoms with E-state index in [1.54, 1.807) is 0 Å². The van der Waals surface area contributed by atoms with Crippen molar-refractivity contribution < 1.29 is 24.8 Å². The van der Waals surface area contributed by atoms with Crippen molar-refractivity contribution in [1.29, 1.82) is 0 Å². The summed E-state index contributed by atoms with van der Waals surface area (Å²) < 4.78 is 10.2. The molecule has 4 unspecified atom stereocenters. The summed E-state index contributed by atoms with van der Waals surface area (Å²) in [4.78, 5) is 0. The van der Waals surface area contributed by atoms with Crippen molar-refractivity contribution in [3.05, 3.63) is 0 Å². The zero-order chi connectivity index (χ0) is 9.84. The first-order valence-corrected chi connectivity index (χ1v) is 4.30. The van der Waals surface area contributed by atoms with Gasteiger partial charge in [0.05, 0.1) is 25.4 Å². The average molecular weight is 192 g/mol. The summed E-state index contributed by atoms with van der Waals surface area (Å²) in [6, 6.07) is 0. The average Bonchev–Trinajstić information content (AvgIpc) is 2.28. The molecule has 0 aliphatic carbocycles. The topological polar surface area (TPSA) is 79.2 Å². The van der Waals surface area contributed by atoms with E-state index in [9.17, 15) is 10.2 Å². The fourth-order valence-electron chi connectivity index (χ4n) is 1.38. The Kier molecular flexibility index (Phi) is 4.08. The van der Waals surface area contributed by atoms with Gasteiger partial charge in [-0.25, -0.2) is 0 Å². The highest BCUT2D eigenvalue weighted by atomic mass is 16.5. The lowest BCUT2D eigenvalue weighted by Crippen LogP contribution is -2.39. The summed E-state index contributed by atoms with van der Waals surface area (Å²) in [6.07, 6.45) is -2.54. The summed E-state index contributed by atoms with van der Waals surface area (Å²) in [6.45, 7) is -0.00942. The minimum Gasteiger partial charge on any atom is -0.394 e. The maximum absolute atomic E-state index is 9.44. The van der Waals surface area contributed by atoms with Crippen molar-refractivity contribution in [3.63, 3.8) is 0 Å². The Morgan fingerprint density at radius 3 is 2.69 bits per heavy atom. The molecule has 13 heavy (non-hydrogen) atoms. The Labute approximate surface area is 76.9 Å². The molecule has 1 heterocycles. The number of rotatable bonds is 2. The Balaban J connectivity index is 2.56. The Morgan fingerprint density at radius 1 is 1.46 bits per heavy atom. The van der Waals surface area contributed by atoms with E-state index >= 15 is 0 Å². The molecule has 1 saturated heterocycles. The lowest BCUT2D eigenvalue weighted by molar-refractivity contribution is -0.0920. The highest BCUT2D eigenvalue weighted by Gasteiger charge is 2.32. The van der Waals surface area contributed by atoms with Gasteiger partial charge in [0, 0.05) is 13.5 Å². The quantitative estimate of drug-likeness (QED) is 0.496. The van der Waals surface area contributed by atoms with E-state index < -0.39 is 18.3 Å². The lowest BCUT2D eigenvalue weighted by atomic mass is 10.0. The van der Waals surface area contributed by atoms with Gasteiger partial charge in [-0.3, -0.25) is 0 Å². The van der Waals surface area contributed by atoms with Gasteiger partial charge in [-0.2, -0.15) is 0 Å². The van der Waals surface area contributed by atoms with Gasteiger partial charge in [-0.05, 0) is 0 Å². The minimum atomic E-state index is -1.04. The standard InChI is InChI=1S/C8H16O5/c1-12-5-2-6(10)8(11)7(3-9)13-4-5/h5-11H,2-4H2,1H3. The van der Waals surface area contributed by atoms with Gasteiger partial charge in [0.15, 0.2) is 0 Å². The van der Waals surface area contributed by atoms with E-state index in [1.807, 2.05) is 0 Å². The second kappa shape index (κ2) is 4.88. The molecule has 3 N–H and O–H groups in total. The molecule has 4 atom stereocenters. The van der Waals surface area contributed by atoms with Crippen LogP contribution in [-0.4, -0.2) is 60.1 Å². The number of hydrogen-bond acceptors (Lipinski definition) is 5. The van der Waals surface area contributed by atoms with Crippen molar-refractivity contribution >= 4 is 0 Å². The van der Waals surface area contributed by atoms with Crippen LogP contribution in [0.3, 0.4) is 0 Å². The molecule has 0 aromatic carbocycles. The molecule has 5 nitrogen and oxygen atoms in total. The molecule has 0 amide bonds. The summed E-state index contributed by atoms with van der Waals surface area (Å²) in [5.41, 5.74) is 0. The number of aliphatic hydroxyl groups is 3. The minimum absolute atomic E-state index is 0.221. The van der Waals surface area contributed by atoms with Gasteiger partial charge in [0.1, 0.15) is 12.2 Å². The summed E-state index contributed by atoms with van der Waals surface area (Å²) in [5, 5.41) is 27.7. The third kappa shape index (κ3) is 2.62. The van der Waals surface area contributed by atoms with Gasteiger partial charge < -0.3 is 24.8 Å². The zero-order valence-corrected chi connectivity index (χ0v) is 7.59. The normalized spacial score (nSPS) is 41.5.